The van der Waals surface area contributed by atoms with E-state index in [2.05, 4.69) is 41.5 Å². The first-order valence-corrected chi connectivity index (χ1v) is 9.32. The number of hydrogen-bond donors (Lipinski definition) is 1. The first kappa shape index (κ1) is 16.8. The Morgan fingerprint density at radius 1 is 0.929 bits per heavy atom. The van der Waals surface area contributed by atoms with Crippen molar-refractivity contribution >= 4 is 10.9 Å². The minimum atomic E-state index is -0.00861. The lowest BCUT2D eigenvalue weighted by atomic mass is 9.82. The topological polar surface area (TPSA) is 43.5 Å². The van der Waals surface area contributed by atoms with Gasteiger partial charge in [-0.05, 0) is 23.8 Å². The average Bonchev–Trinajstić information content (AvgIpc) is 3.09. The van der Waals surface area contributed by atoms with Crippen molar-refractivity contribution in [2.45, 2.75) is 12.5 Å². The molecule has 1 aliphatic rings. The molecule has 4 nitrogen and oxygen atoms in total. The van der Waals surface area contributed by atoms with Gasteiger partial charge in [-0.15, -0.1) is 0 Å². The molecule has 0 saturated carbocycles. The summed E-state index contributed by atoms with van der Waals surface area (Å²) in [6.07, 6.45) is 2.10. The number of rotatable bonds is 3. The maximum atomic E-state index is 6.19. The highest BCUT2D eigenvalue weighted by atomic mass is 16.5. The Kier molecular flexibility index (Phi) is 3.97. The predicted octanol–water partition coefficient (Wildman–Crippen LogP) is 5.26. The van der Waals surface area contributed by atoms with Gasteiger partial charge >= 0.3 is 0 Å². The third-order valence-corrected chi connectivity index (χ3v) is 5.49. The molecule has 1 unspecified atom stereocenters. The molecule has 0 aliphatic carbocycles. The van der Waals surface area contributed by atoms with E-state index in [-0.39, 0.29) is 5.92 Å². The molecule has 1 atom stereocenters. The number of aromatic amines is 1. The molecule has 0 amide bonds. The average molecular weight is 371 g/mol. The smallest absolute Gasteiger partial charge is 0.127 e. The van der Waals surface area contributed by atoms with Crippen molar-refractivity contribution in [3.05, 3.63) is 89.1 Å². The van der Waals surface area contributed by atoms with Gasteiger partial charge < -0.3 is 19.2 Å². The lowest BCUT2D eigenvalue weighted by molar-refractivity contribution is 0.305. The van der Waals surface area contributed by atoms with Gasteiger partial charge in [0.15, 0.2) is 0 Å². The zero-order valence-corrected chi connectivity index (χ0v) is 15.9. The molecule has 2 heterocycles. The summed E-state index contributed by atoms with van der Waals surface area (Å²) in [5.74, 6) is 2.47. The van der Waals surface area contributed by atoms with Crippen LogP contribution in [0.25, 0.3) is 10.9 Å². The van der Waals surface area contributed by atoms with Crippen molar-refractivity contribution in [2.75, 3.05) is 14.2 Å². The van der Waals surface area contributed by atoms with Crippen molar-refractivity contribution in [3.63, 3.8) is 0 Å². The van der Waals surface area contributed by atoms with E-state index in [9.17, 15) is 0 Å². The van der Waals surface area contributed by atoms with E-state index in [0.29, 0.717) is 6.61 Å². The Labute approximate surface area is 163 Å². The molecular formula is C24H21NO3. The van der Waals surface area contributed by atoms with E-state index >= 15 is 0 Å². The highest BCUT2D eigenvalue weighted by Gasteiger charge is 2.31. The summed E-state index contributed by atoms with van der Waals surface area (Å²) in [7, 11) is 3.38. The third-order valence-electron chi connectivity index (χ3n) is 5.49. The van der Waals surface area contributed by atoms with Crippen molar-refractivity contribution in [1.82, 2.24) is 4.98 Å². The SMILES string of the molecule is COc1cc2c(c(OC)c1)C(c1c[nH]c3ccccc13)c1ccccc1OC2. The molecule has 4 aromatic rings. The Bertz CT molecular complexity index is 1160. The van der Waals surface area contributed by atoms with Crippen molar-refractivity contribution in [1.29, 1.82) is 0 Å². The molecule has 140 valence electrons. The van der Waals surface area contributed by atoms with Gasteiger partial charge in [0, 0.05) is 45.8 Å². The molecule has 0 fully saturated rings. The van der Waals surface area contributed by atoms with E-state index in [1.54, 1.807) is 14.2 Å². The quantitative estimate of drug-likeness (QED) is 0.534. The van der Waals surface area contributed by atoms with E-state index in [0.717, 1.165) is 39.5 Å². The Balaban J connectivity index is 1.85. The van der Waals surface area contributed by atoms with Crippen LogP contribution in [0, 0.1) is 0 Å². The van der Waals surface area contributed by atoms with Crippen LogP contribution in [0.1, 0.15) is 28.2 Å². The van der Waals surface area contributed by atoms with Gasteiger partial charge in [-0.1, -0.05) is 36.4 Å². The predicted molar refractivity (Wildman–Crippen MR) is 110 cm³/mol. The summed E-state index contributed by atoms with van der Waals surface area (Å²) < 4.78 is 17.5. The Morgan fingerprint density at radius 2 is 1.75 bits per heavy atom. The summed E-state index contributed by atoms with van der Waals surface area (Å²) in [6, 6.07) is 20.6. The lowest BCUT2D eigenvalue weighted by Crippen LogP contribution is -2.07. The fourth-order valence-corrected chi connectivity index (χ4v) is 4.21. The molecule has 4 heteroatoms. The molecule has 1 N–H and O–H groups in total. The van der Waals surface area contributed by atoms with Crippen LogP contribution in [0.5, 0.6) is 17.2 Å². The number of aromatic nitrogens is 1. The molecule has 0 bridgehead atoms. The number of para-hydroxylation sites is 2. The van der Waals surface area contributed by atoms with Crippen molar-refractivity contribution in [3.8, 4) is 17.2 Å². The highest BCUT2D eigenvalue weighted by molar-refractivity contribution is 5.85. The molecule has 0 saturated heterocycles. The van der Waals surface area contributed by atoms with Crippen LogP contribution in [0.3, 0.4) is 0 Å². The van der Waals surface area contributed by atoms with Gasteiger partial charge in [-0.25, -0.2) is 0 Å². The molecule has 1 aromatic heterocycles. The molecular weight excluding hydrogens is 350 g/mol. The molecule has 1 aliphatic heterocycles. The van der Waals surface area contributed by atoms with Crippen LogP contribution >= 0.6 is 0 Å². The Morgan fingerprint density at radius 3 is 2.61 bits per heavy atom. The van der Waals surface area contributed by atoms with Crippen LogP contribution in [0.2, 0.25) is 0 Å². The van der Waals surface area contributed by atoms with Gasteiger partial charge in [0.25, 0.3) is 0 Å². The van der Waals surface area contributed by atoms with Gasteiger partial charge in [0.05, 0.1) is 14.2 Å². The number of methoxy groups -OCH3 is 2. The van der Waals surface area contributed by atoms with E-state index in [1.807, 2.05) is 30.3 Å². The van der Waals surface area contributed by atoms with Gasteiger partial charge in [0.1, 0.15) is 23.9 Å². The summed E-state index contributed by atoms with van der Waals surface area (Å²) in [4.78, 5) is 3.42. The van der Waals surface area contributed by atoms with Crippen LogP contribution in [-0.4, -0.2) is 19.2 Å². The Hall–Kier alpha value is -3.40. The van der Waals surface area contributed by atoms with Crippen LogP contribution in [-0.2, 0) is 6.61 Å². The number of fused-ring (bicyclic) bond motifs is 3. The van der Waals surface area contributed by atoms with E-state index < -0.39 is 0 Å². The second-order valence-electron chi connectivity index (χ2n) is 6.95. The fourth-order valence-electron chi connectivity index (χ4n) is 4.21. The number of H-pyrrole nitrogens is 1. The van der Waals surface area contributed by atoms with Crippen LogP contribution < -0.4 is 14.2 Å². The number of benzene rings is 3. The van der Waals surface area contributed by atoms with Gasteiger partial charge in [-0.2, -0.15) is 0 Å². The van der Waals surface area contributed by atoms with Crippen LogP contribution in [0.4, 0.5) is 0 Å². The number of nitrogens with one attached hydrogen (secondary N) is 1. The highest BCUT2D eigenvalue weighted by Crippen LogP contribution is 2.47. The van der Waals surface area contributed by atoms with Gasteiger partial charge in [-0.3, -0.25) is 0 Å². The number of hydrogen-bond acceptors (Lipinski definition) is 3. The van der Waals surface area contributed by atoms with Crippen LogP contribution in [0.15, 0.2) is 66.9 Å². The maximum Gasteiger partial charge on any atom is 0.127 e. The second-order valence-corrected chi connectivity index (χ2v) is 6.95. The summed E-state index contributed by atoms with van der Waals surface area (Å²) in [5.41, 5.74) is 5.66. The molecule has 5 rings (SSSR count). The molecule has 28 heavy (non-hydrogen) atoms. The summed E-state index contributed by atoms with van der Waals surface area (Å²) in [5, 5.41) is 1.20. The first-order chi connectivity index (χ1) is 13.8. The molecule has 0 spiro atoms. The minimum Gasteiger partial charge on any atom is -0.497 e. The van der Waals surface area contributed by atoms with E-state index in [1.165, 1.54) is 10.9 Å². The lowest BCUT2D eigenvalue weighted by Gasteiger charge is -2.22. The molecule has 0 radical (unpaired) electrons. The second kappa shape index (κ2) is 6.64. The fraction of sp³-hybridized carbons (Fsp3) is 0.167. The summed E-state index contributed by atoms with van der Waals surface area (Å²) in [6.45, 7) is 0.471. The molecule has 3 aromatic carbocycles. The monoisotopic (exact) mass is 371 g/mol. The number of ether oxygens (including phenoxy) is 3. The van der Waals surface area contributed by atoms with Gasteiger partial charge in [0.2, 0.25) is 0 Å². The zero-order chi connectivity index (χ0) is 19.1. The third kappa shape index (κ3) is 2.53. The van der Waals surface area contributed by atoms with Crippen molar-refractivity contribution in [2.24, 2.45) is 0 Å². The minimum absolute atomic E-state index is 0.00861. The normalized spacial score (nSPS) is 15.3. The van der Waals surface area contributed by atoms with Crippen molar-refractivity contribution < 1.29 is 14.2 Å². The summed E-state index contributed by atoms with van der Waals surface area (Å²) >= 11 is 0. The maximum absolute atomic E-state index is 6.19. The zero-order valence-electron chi connectivity index (χ0n) is 15.9. The van der Waals surface area contributed by atoms with E-state index in [4.69, 9.17) is 14.2 Å². The first-order valence-electron chi connectivity index (χ1n) is 9.32. The largest absolute Gasteiger partial charge is 0.497 e. The standard InChI is InChI=1S/C24H21NO3/c1-26-16-11-15-14-28-21-10-6-4-8-18(21)24(23(15)22(12-16)27-2)19-13-25-20-9-5-3-7-17(19)20/h3-13,24-25H,14H2,1-2H3.